The van der Waals surface area contributed by atoms with Gasteiger partial charge in [0.2, 0.25) is 0 Å². The van der Waals surface area contributed by atoms with Gasteiger partial charge in [0.25, 0.3) is 0 Å². The molecule has 0 aliphatic heterocycles. The Hall–Kier alpha value is -2.56. The van der Waals surface area contributed by atoms with Crippen LogP contribution in [-0.4, -0.2) is 23.8 Å². The third-order valence-electron chi connectivity index (χ3n) is 2.35. The quantitative estimate of drug-likeness (QED) is 0.870. The molecule has 0 atom stereocenters. The van der Waals surface area contributed by atoms with Crippen molar-refractivity contribution in [3.8, 4) is 0 Å². The number of carbonyl (C=O) groups excluding carboxylic acids is 1. The fourth-order valence-corrected chi connectivity index (χ4v) is 1.61. The molecule has 0 saturated carbocycles. The normalized spacial score (nSPS) is 10.0. The Morgan fingerprint density at radius 2 is 1.83 bits per heavy atom. The van der Waals surface area contributed by atoms with Gasteiger partial charge in [-0.1, -0.05) is 36.4 Å². The molecule has 0 saturated heterocycles. The maximum Gasteiger partial charge on any atom is 0.412 e. The monoisotopic (exact) mass is 245 g/mol. The summed E-state index contributed by atoms with van der Waals surface area (Å²) in [6.07, 6.45) is -0.784. The molecule has 0 aliphatic carbocycles. The van der Waals surface area contributed by atoms with Gasteiger partial charge in [-0.25, -0.2) is 9.59 Å². The summed E-state index contributed by atoms with van der Waals surface area (Å²) >= 11 is 0. The van der Waals surface area contributed by atoms with E-state index in [1.165, 1.54) is 0 Å². The van der Waals surface area contributed by atoms with E-state index in [1.54, 1.807) is 12.1 Å². The molecule has 0 radical (unpaired) electrons. The molecule has 1 amide bonds. The average molecular weight is 245 g/mol. The van der Waals surface area contributed by atoms with Gasteiger partial charge in [-0.2, -0.15) is 0 Å². The molecule has 5 heteroatoms. The van der Waals surface area contributed by atoms with Crippen molar-refractivity contribution in [2.24, 2.45) is 0 Å². The van der Waals surface area contributed by atoms with Crippen LogP contribution in [0.3, 0.4) is 0 Å². The fraction of sp³-hybridized carbons (Fsp3) is 0.0769. The molecule has 0 aromatic heterocycles. The summed E-state index contributed by atoms with van der Waals surface area (Å²) in [7, 11) is 0. The molecular weight excluding hydrogens is 234 g/mol. The first-order valence-corrected chi connectivity index (χ1v) is 5.30. The largest absolute Gasteiger partial charge is 0.479 e. The van der Waals surface area contributed by atoms with Gasteiger partial charge in [0.15, 0.2) is 6.61 Å². The lowest BCUT2D eigenvalue weighted by Crippen LogP contribution is -2.18. The smallest absolute Gasteiger partial charge is 0.412 e. The molecule has 0 unspecified atom stereocenters. The molecule has 0 heterocycles. The molecule has 0 bridgehead atoms. The summed E-state index contributed by atoms with van der Waals surface area (Å²) in [6, 6.07) is 13.0. The lowest BCUT2D eigenvalue weighted by molar-refractivity contribution is -0.140. The SMILES string of the molecule is O=C(O)COC(=O)Nc1cccc2ccccc12. The highest BCUT2D eigenvalue weighted by Gasteiger charge is 2.07. The average Bonchev–Trinajstić information content (AvgIpc) is 2.37. The summed E-state index contributed by atoms with van der Waals surface area (Å²) < 4.78 is 4.51. The highest BCUT2D eigenvalue weighted by atomic mass is 16.6. The summed E-state index contributed by atoms with van der Waals surface area (Å²) in [5.41, 5.74) is 0.587. The molecule has 2 aromatic carbocycles. The van der Waals surface area contributed by atoms with Crippen LogP contribution in [-0.2, 0) is 9.53 Å². The van der Waals surface area contributed by atoms with Gasteiger partial charge in [-0.05, 0) is 11.5 Å². The Morgan fingerprint density at radius 3 is 2.61 bits per heavy atom. The number of hydrogen-bond acceptors (Lipinski definition) is 3. The minimum atomic E-state index is -1.19. The first kappa shape index (κ1) is 11.9. The van der Waals surface area contributed by atoms with Crippen LogP contribution in [0.2, 0.25) is 0 Å². The number of carboxylic acid groups (broad SMARTS) is 1. The molecular formula is C13H11NO4. The van der Waals surface area contributed by atoms with E-state index in [1.807, 2.05) is 30.3 Å². The first-order valence-electron chi connectivity index (χ1n) is 5.30. The van der Waals surface area contributed by atoms with Crippen LogP contribution < -0.4 is 5.32 Å². The zero-order valence-corrected chi connectivity index (χ0v) is 9.42. The Morgan fingerprint density at radius 1 is 1.11 bits per heavy atom. The van der Waals surface area contributed by atoms with Crippen LogP contribution in [0.25, 0.3) is 10.8 Å². The van der Waals surface area contributed by atoms with Gasteiger partial charge in [0.05, 0.1) is 5.69 Å². The summed E-state index contributed by atoms with van der Waals surface area (Å²) in [5.74, 6) is -1.19. The lowest BCUT2D eigenvalue weighted by atomic mass is 10.1. The van der Waals surface area contributed by atoms with Crippen molar-refractivity contribution in [2.75, 3.05) is 11.9 Å². The zero-order valence-electron chi connectivity index (χ0n) is 9.42. The van der Waals surface area contributed by atoms with Crippen LogP contribution in [0.5, 0.6) is 0 Å². The molecule has 2 rings (SSSR count). The molecule has 92 valence electrons. The van der Waals surface area contributed by atoms with E-state index in [4.69, 9.17) is 5.11 Å². The topological polar surface area (TPSA) is 75.6 Å². The number of aliphatic carboxylic acids is 1. The minimum absolute atomic E-state index is 0.587. The van der Waals surface area contributed by atoms with Gasteiger partial charge in [-0.3, -0.25) is 5.32 Å². The van der Waals surface area contributed by atoms with Crippen molar-refractivity contribution in [1.82, 2.24) is 0 Å². The number of hydrogen-bond donors (Lipinski definition) is 2. The standard InChI is InChI=1S/C13H11NO4/c15-12(16)8-18-13(17)14-11-7-3-5-9-4-1-2-6-10(9)11/h1-7H,8H2,(H,14,17)(H,15,16). The Balaban J connectivity index is 2.16. The van der Waals surface area contributed by atoms with E-state index in [0.717, 1.165) is 10.8 Å². The number of rotatable bonds is 3. The first-order chi connectivity index (χ1) is 8.66. The van der Waals surface area contributed by atoms with Crippen molar-refractivity contribution in [3.63, 3.8) is 0 Å². The molecule has 0 spiro atoms. The fourth-order valence-electron chi connectivity index (χ4n) is 1.61. The highest BCUT2D eigenvalue weighted by molar-refractivity contribution is 6.00. The maximum absolute atomic E-state index is 11.4. The third kappa shape index (κ3) is 2.76. The number of carboxylic acids is 1. The summed E-state index contributed by atoms with van der Waals surface area (Å²) in [6.45, 7) is -0.656. The van der Waals surface area contributed by atoms with Gasteiger partial charge in [0, 0.05) is 5.39 Å². The highest BCUT2D eigenvalue weighted by Crippen LogP contribution is 2.22. The Bertz CT molecular complexity index is 589. The summed E-state index contributed by atoms with van der Waals surface area (Å²) in [5, 5.41) is 12.8. The van der Waals surface area contributed by atoms with Gasteiger partial charge in [-0.15, -0.1) is 0 Å². The molecule has 0 aliphatic rings. The van der Waals surface area contributed by atoms with E-state index in [2.05, 4.69) is 10.1 Å². The van der Waals surface area contributed by atoms with E-state index >= 15 is 0 Å². The molecule has 18 heavy (non-hydrogen) atoms. The predicted octanol–water partition coefficient (Wildman–Crippen LogP) is 2.47. The molecule has 0 fully saturated rings. The number of nitrogens with one attached hydrogen (secondary N) is 1. The number of benzene rings is 2. The van der Waals surface area contributed by atoms with Crippen LogP contribution in [0.4, 0.5) is 10.5 Å². The number of ether oxygens (including phenoxy) is 1. The Kier molecular flexibility index (Phi) is 3.43. The second kappa shape index (κ2) is 5.18. The van der Waals surface area contributed by atoms with Gasteiger partial charge < -0.3 is 9.84 Å². The van der Waals surface area contributed by atoms with Crippen molar-refractivity contribution in [3.05, 3.63) is 42.5 Å². The second-order valence-corrected chi connectivity index (χ2v) is 3.62. The van der Waals surface area contributed by atoms with Crippen molar-refractivity contribution < 1.29 is 19.4 Å². The van der Waals surface area contributed by atoms with Gasteiger partial charge in [0.1, 0.15) is 0 Å². The zero-order chi connectivity index (χ0) is 13.0. The number of carbonyl (C=O) groups is 2. The Labute approximate surface area is 103 Å². The maximum atomic E-state index is 11.4. The van der Waals surface area contributed by atoms with Crippen molar-refractivity contribution in [2.45, 2.75) is 0 Å². The van der Waals surface area contributed by atoms with Crippen molar-refractivity contribution in [1.29, 1.82) is 0 Å². The number of anilines is 1. The second-order valence-electron chi connectivity index (χ2n) is 3.62. The van der Waals surface area contributed by atoms with E-state index in [0.29, 0.717) is 5.69 Å². The van der Waals surface area contributed by atoms with Crippen LogP contribution in [0.1, 0.15) is 0 Å². The lowest BCUT2D eigenvalue weighted by Gasteiger charge is -2.08. The molecule has 2 N–H and O–H groups in total. The van der Waals surface area contributed by atoms with Crippen LogP contribution in [0, 0.1) is 0 Å². The summed E-state index contributed by atoms with van der Waals surface area (Å²) in [4.78, 5) is 21.6. The van der Waals surface area contributed by atoms with E-state index in [9.17, 15) is 9.59 Å². The molecule has 2 aromatic rings. The minimum Gasteiger partial charge on any atom is -0.479 e. The van der Waals surface area contributed by atoms with E-state index in [-0.39, 0.29) is 0 Å². The molecule has 5 nitrogen and oxygen atoms in total. The third-order valence-corrected chi connectivity index (χ3v) is 2.35. The number of amides is 1. The van der Waals surface area contributed by atoms with Gasteiger partial charge >= 0.3 is 12.1 Å². The predicted molar refractivity (Wildman–Crippen MR) is 66.6 cm³/mol. The van der Waals surface area contributed by atoms with Crippen LogP contribution in [0.15, 0.2) is 42.5 Å². The van der Waals surface area contributed by atoms with Crippen molar-refractivity contribution >= 4 is 28.5 Å². The number of fused-ring (bicyclic) bond motifs is 1. The van der Waals surface area contributed by atoms with E-state index < -0.39 is 18.7 Å². The van der Waals surface area contributed by atoms with Crippen LogP contribution >= 0.6 is 0 Å².